The van der Waals surface area contributed by atoms with Crippen LogP contribution in [0.15, 0.2) is 22.5 Å². The van der Waals surface area contributed by atoms with Crippen molar-refractivity contribution in [2.45, 2.75) is 44.1 Å². The summed E-state index contributed by atoms with van der Waals surface area (Å²) in [4.78, 5) is 12.0. The number of amides is 1. The SMILES string of the molecule is C#CCCC1(CCC(=O)NCc2nnc3c(Cl)cc(C(F)(F)F)cn23)N=N1. The molecule has 2 aromatic heterocycles. The van der Waals surface area contributed by atoms with E-state index >= 15 is 0 Å². The van der Waals surface area contributed by atoms with Gasteiger partial charge in [-0.3, -0.25) is 9.20 Å². The van der Waals surface area contributed by atoms with Crippen molar-refractivity contribution in [1.29, 1.82) is 0 Å². The fourth-order valence-corrected chi connectivity index (χ4v) is 2.77. The number of alkyl halides is 3. The normalized spacial score (nSPS) is 14.9. The molecule has 1 aliphatic heterocycles. The Hall–Kier alpha value is -2.67. The van der Waals surface area contributed by atoms with Gasteiger partial charge in [0.25, 0.3) is 0 Å². The minimum Gasteiger partial charge on any atom is -0.349 e. The van der Waals surface area contributed by atoms with E-state index in [1.165, 1.54) is 0 Å². The minimum absolute atomic E-state index is 0.0812. The zero-order chi connectivity index (χ0) is 19.7. The molecule has 3 rings (SSSR count). The molecule has 1 aliphatic rings. The van der Waals surface area contributed by atoms with Crippen molar-refractivity contribution < 1.29 is 18.0 Å². The summed E-state index contributed by atoms with van der Waals surface area (Å²) < 4.78 is 39.9. The maximum atomic E-state index is 12.9. The number of nitrogens with zero attached hydrogens (tertiary/aromatic N) is 5. The summed E-state index contributed by atoms with van der Waals surface area (Å²) in [5.74, 6) is 2.33. The lowest BCUT2D eigenvalue weighted by molar-refractivity contribution is -0.137. The fourth-order valence-electron chi connectivity index (χ4n) is 2.52. The van der Waals surface area contributed by atoms with Gasteiger partial charge >= 0.3 is 6.18 Å². The van der Waals surface area contributed by atoms with Crippen molar-refractivity contribution in [3.05, 3.63) is 28.7 Å². The Balaban J connectivity index is 1.63. The summed E-state index contributed by atoms with van der Waals surface area (Å²) in [5.41, 5.74) is -1.42. The van der Waals surface area contributed by atoms with E-state index in [1.807, 2.05) is 0 Å². The van der Waals surface area contributed by atoms with Gasteiger partial charge in [0.2, 0.25) is 5.91 Å². The van der Waals surface area contributed by atoms with Gasteiger partial charge in [-0.05, 0) is 6.07 Å². The van der Waals surface area contributed by atoms with E-state index in [4.69, 9.17) is 18.0 Å². The standard InChI is InChI=1S/C16H14ClF3N6O/c1-2-3-5-15(24-25-15)6-4-13(27)21-8-12-22-23-14-11(17)7-10(9-26(12)14)16(18,19)20/h1,7,9H,3-6,8H2,(H,21,27). The van der Waals surface area contributed by atoms with E-state index in [1.54, 1.807) is 0 Å². The van der Waals surface area contributed by atoms with E-state index in [0.29, 0.717) is 19.3 Å². The van der Waals surface area contributed by atoms with Crippen LogP contribution in [0.25, 0.3) is 5.65 Å². The minimum atomic E-state index is -4.56. The van der Waals surface area contributed by atoms with Crippen molar-refractivity contribution in [1.82, 2.24) is 19.9 Å². The first-order chi connectivity index (χ1) is 12.7. The maximum absolute atomic E-state index is 12.9. The van der Waals surface area contributed by atoms with E-state index < -0.39 is 17.4 Å². The van der Waals surface area contributed by atoms with Gasteiger partial charge < -0.3 is 5.32 Å². The molecule has 0 saturated heterocycles. The topological polar surface area (TPSA) is 84.0 Å². The summed E-state index contributed by atoms with van der Waals surface area (Å²) >= 11 is 5.85. The average molecular weight is 399 g/mol. The molecular weight excluding hydrogens is 385 g/mol. The molecular formula is C16H14ClF3N6O. The lowest BCUT2D eigenvalue weighted by atomic mass is 10.0. The zero-order valence-corrected chi connectivity index (χ0v) is 14.7. The Morgan fingerprint density at radius 2 is 2.07 bits per heavy atom. The van der Waals surface area contributed by atoms with Crippen molar-refractivity contribution in [3.8, 4) is 12.3 Å². The molecule has 0 fully saturated rings. The second-order valence-corrected chi connectivity index (χ2v) is 6.45. The van der Waals surface area contributed by atoms with Gasteiger partial charge in [0, 0.05) is 31.9 Å². The number of nitrogens with one attached hydrogen (secondary N) is 1. The first-order valence-corrected chi connectivity index (χ1v) is 8.36. The van der Waals surface area contributed by atoms with Crippen LogP contribution in [0.3, 0.4) is 0 Å². The van der Waals surface area contributed by atoms with Crippen LogP contribution in [0.5, 0.6) is 0 Å². The van der Waals surface area contributed by atoms with Crippen molar-refractivity contribution in [2.24, 2.45) is 10.2 Å². The number of fused-ring (bicyclic) bond motifs is 1. The van der Waals surface area contributed by atoms with Crippen LogP contribution >= 0.6 is 11.6 Å². The van der Waals surface area contributed by atoms with E-state index in [9.17, 15) is 18.0 Å². The Morgan fingerprint density at radius 3 is 2.70 bits per heavy atom. The van der Waals surface area contributed by atoms with Crippen LogP contribution in [0.1, 0.15) is 37.1 Å². The molecule has 0 aromatic carbocycles. The molecule has 1 N–H and O–H groups in total. The fraction of sp³-hybridized carbons (Fsp3) is 0.438. The first-order valence-electron chi connectivity index (χ1n) is 7.99. The molecule has 27 heavy (non-hydrogen) atoms. The van der Waals surface area contributed by atoms with Crippen LogP contribution < -0.4 is 5.32 Å². The Kier molecular flexibility index (Phi) is 5.06. The molecule has 11 heteroatoms. The molecule has 2 aromatic rings. The van der Waals surface area contributed by atoms with Gasteiger partial charge in [0.05, 0.1) is 17.1 Å². The third kappa shape index (κ3) is 4.36. The predicted octanol–water partition coefficient (Wildman–Crippen LogP) is 3.37. The number of carbonyl (C=O) groups excluding carboxylic acids is 1. The second-order valence-electron chi connectivity index (χ2n) is 6.05. The molecule has 0 radical (unpaired) electrons. The zero-order valence-electron chi connectivity index (χ0n) is 13.9. The van der Waals surface area contributed by atoms with Gasteiger partial charge in [-0.1, -0.05) is 11.6 Å². The lowest BCUT2D eigenvalue weighted by Gasteiger charge is -2.10. The highest BCUT2D eigenvalue weighted by atomic mass is 35.5. The Labute approximate surface area is 157 Å². The van der Waals surface area contributed by atoms with Gasteiger partial charge in [0.15, 0.2) is 17.1 Å². The monoisotopic (exact) mass is 398 g/mol. The molecule has 1 amide bonds. The molecule has 3 heterocycles. The van der Waals surface area contributed by atoms with Gasteiger partial charge in [-0.2, -0.15) is 23.4 Å². The summed E-state index contributed by atoms with van der Waals surface area (Å²) in [6.07, 6.45) is 3.17. The highest BCUT2D eigenvalue weighted by Crippen LogP contribution is 2.37. The molecule has 0 saturated carbocycles. The van der Waals surface area contributed by atoms with Gasteiger partial charge in [-0.15, -0.1) is 22.5 Å². The molecule has 0 bridgehead atoms. The van der Waals surface area contributed by atoms with E-state index in [2.05, 4.69) is 31.7 Å². The molecule has 0 unspecified atom stereocenters. The quantitative estimate of drug-likeness (QED) is 0.726. The number of rotatable bonds is 7. The van der Waals surface area contributed by atoms with Crippen molar-refractivity contribution in [2.75, 3.05) is 0 Å². The summed E-state index contributed by atoms with van der Waals surface area (Å²) in [6, 6.07) is 0.784. The third-order valence-electron chi connectivity index (χ3n) is 4.11. The van der Waals surface area contributed by atoms with Crippen LogP contribution in [0.4, 0.5) is 13.2 Å². The van der Waals surface area contributed by atoms with Crippen LogP contribution in [0, 0.1) is 12.3 Å². The second kappa shape index (κ2) is 7.15. The Morgan fingerprint density at radius 1 is 1.33 bits per heavy atom. The van der Waals surface area contributed by atoms with Crippen LogP contribution in [-0.4, -0.2) is 26.2 Å². The van der Waals surface area contributed by atoms with E-state index in [-0.39, 0.29) is 35.4 Å². The molecule has 142 valence electrons. The highest BCUT2D eigenvalue weighted by Gasteiger charge is 2.39. The largest absolute Gasteiger partial charge is 0.417 e. The van der Waals surface area contributed by atoms with Crippen molar-refractivity contribution >= 4 is 23.2 Å². The third-order valence-corrected chi connectivity index (χ3v) is 4.38. The summed E-state index contributed by atoms with van der Waals surface area (Å²) in [7, 11) is 0. The predicted molar refractivity (Wildman–Crippen MR) is 89.7 cm³/mol. The number of hydrogen-bond acceptors (Lipinski definition) is 5. The van der Waals surface area contributed by atoms with E-state index in [0.717, 1.165) is 16.7 Å². The molecule has 0 spiro atoms. The van der Waals surface area contributed by atoms with Crippen LogP contribution in [0.2, 0.25) is 5.02 Å². The number of halogens is 4. The number of carbonyl (C=O) groups is 1. The highest BCUT2D eigenvalue weighted by molar-refractivity contribution is 6.33. The molecule has 7 nitrogen and oxygen atoms in total. The smallest absolute Gasteiger partial charge is 0.349 e. The lowest BCUT2D eigenvalue weighted by Crippen LogP contribution is -2.25. The average Bonchev–Trinajstić information content (AvgIpc) is 3.26. The van der Waals surface area contributed by atoms with Crippen molar-refractivity contribution in [3.63, 3.8) is 0 Å². The number of aromatic nitrogens is 3. The molecule has 0 atom stereocenters. The summed E-state index contributed by atoms with van der Waals surface area (Å²) in [6.45, 7) is -0.0940. The summed E-state index contributed by atoms with van der Waals surface area (Å²) in [5, 5.41) is 17.9. The van der Waals surface area contributed by atoms with Gasteiger partial charge in [-0.25, -0.2) is 0 Å². The maximum Gasteiger partial charge on any atom is 0.417 e. The van der Waals surface area contributed by atoms with Gasteiger partial charge in [0.1, 0.15) is 0 Å². The number of terminal acetylenes is 1. The Bertz CT molecular complexity index is 940. The number of pyridine rings is 1. The first kappa shape index (κ1) is 19.1. The van der Waals surface area contributed by atoms with Crippen LogP contribution in [-0.2, 0) is 17.5 Å². The molecule has 0 aliphatic carbocycles. The number of hydrogen-bond donors (Lipinski definition) is 1.